The molecule has 0 aliphatic heterocycles. The molecule has 0 amide bonds. The van der Waals surface area contributed by atoms with Crippen molar-refractivity contribution >= 4 is 11.5 Å². The molecule has 1 heterocycles. The Hall–Kier alpha value is -2.92. The maximum Gasteiger partial charge on any atom is 0.142 e. The van der Waals surface area contributed by atoms with E-state index >= 15 is 0 Å². The molecule has 18 heavy (non-hydrogen) atoms. The molecule has 5 heteroatoms. The lowest BCUT2D eigenvalue weighted by molar-refractivity contribution is 0.627. The molecule has 4 nitrogen and oxygen atoms in total. The monoisotopic (exact) mass is 238 g/mol. The van der Waals surface area contributed by atoms with Crippen molar-refractivity contribution in [3.8, 4) is 12.1 Å². The summed E-state index contributed by atoms with van der Waals surface area (Å²) in [5.41, 5.74) is 0.890. The summed E-state index contributed by atoms with van der Waals surface area (Å²) in [7, 11) is 0. The highest BCUT2D eigenvalue weighted by Crippen LogP contribution is 2.20. The Morgan fingerprint density at radius 1 is 1.11 bits per heavy atom. The molecule has 0 bridgehead atoms. The zero-order valence-corrected chi connectivity index (χ0v) is 9.18. The average molecular weight is 238 g/mol. The van der Waals surface area contributed by atoms with Crippen LogP contribution in [0, 0.1) is 28.5 Å². The number of hydrogen-bond acceptors (Lipinski definition) is 4. The summed E-state index contributed by atoms with van der Waals surface area (Å²) < 4.78 is 13.0. The van der Waals surface area contributed by atoms with Crippen LogP contribution >= 0.6 is 0 Å². The van der Waals surface area contributed by atoms with Crippen LogP contribution in [-0.4, -0.2) is 4.98 Å². The first-order chi connectivity index (χ1) is 8.72. The van der Waals surface area contributed by atoms with Crippen LogP contribution in [0.4, 0.5) is 15.9 Å². The minimum Gasteiger partial charge on any atom is -0.339 e. The number of aromatic nitrogens is 1. The number of nitrogens with one attached hydrogen (secondary N) is 1. The van der Waals surface area contributed by atoms with Crippen molar-refractivity contribution < 1.29 is 4.39 Å². The van der Waals surface area contributed by atoms with Gasteiger partial charge in [0.1, 0.15) is 29.5 Å². The molecule has 1 N–H and O–H groups in total. The highest BCUT2D eigenvalue weighted by atomic mass is 19.1. The van der Waals surface area contributed by atoms with Crippen LogP contribution in [0.2, 0.25) is 0 Å². The molecule has 0 fully saturated rings. The van der Waals surface area contributed by atoms with Gasteiger partial charge >= 0.3 is 0 Å². The van der Waals surface area contributed by atoms with E-state index in [0.29, 0.717) is 11.5 Å². The van der Waals surface area contributed by atoms with Gasteiger partial charge < -0.3 is 5.32 Å². The Kier molecular flexibility index (Phi) is 3.17. The smallest absolute Gasteiger partial charge is 0.142 e. The predicted molar refractivity (Wildman–Crippen MR) is 63.3 cm³/mol. The van der Waals surface area contributed by atoms with Gasteiger partial charge in [0.25, 0.3) is 0 Å². The molecule has 1 aromatic carbocycles. The summed E-state index contributed by atoms with van der Waals surface area (Å²) in [6, 6.07) is 12.5. The summed E-state index contributed by atoms with van der Waals surface area (Å²) in [4.78, 5) is 4.01. The van der Waals surface area contributed by atoms with Crippen molar-refractivity contribution in [3.63, 3.8) is 0 Å². The lowest BCUT2D eigenvalue weighted by Gasteiger charge is -2.07. The van der Waals surface area contributed by atoms with Crippen molar-refractivity contribution in [1.29, 1.82) is 10.5 Å². The largest absolute Gasteiger partial charge is 0.339 e. The van der Waals surface area contributed by atoms with Gasteiger partial charge in [-0.05, 0) is 30.3 Å². The van der Waals surface area contributed by atoms with Gasteiger partial charge in [-0.15, -0.1) is 0 Å². The van der Waals surface area contributed by atoms with Crippen LogP contribution in [0.15, 0.2) is 36.4 Å². The molecule has 0 saturated carbocycles. The molecule has 1 aromatic heterocycles. The third-order valence-corrected chi connectivity index (χ3v) is 2.23. The third-order valence-electron chi connectivity index (χ3n) is 2.23. The van der Waals surface area contributed by atoms with Gasteiger partial charge in [0, 0.05) is 0 Å². The van der Waals surface area contributed by atoms with E-state index in [9.17, 15) is 4.39 Å². The van der Waals surface area contributed by atoms with E-state index in [1.54, 1.807) is 18.2 Å². The van der Waals surface area contributed by atoms with E-state index in [2.05, 4.69) is 10.3 Å². The average Bonchev–Trinajstić information content (AvgIpc) is 2.41. The molecule has 0 saturated heterocycles. The van der Waals surface area contributed by atoms with E-state index in [0.717, 1.165) is 6.07 Å². The van der Waals surface area contributed by atoms with Crippen LogP contribution in [0.5, 0.6) is 0 Å². The van der Waals surface area contributed by atoms with E-state index in [-0.39, 0.29) is 11.3 Å². The first-order valence-corrected chi connectivity index (χ1v) is 5.07. The highest BCUT2D eigenvalue weighted by Gasteiger charge is 2.05. The second-order valence-electron chi connectivity index (χ2n) is 3.45. The van der Waals surface area contributed by atoms with Crippen molar-refractivity contribution in [2.45, 2.75) is 0 Å². The first-order valence-electron chi connectivity index (χ1n) is 5.07. The first kappa shape index (κ1) is 11.6. The number of nitriles is 2. The van der Waals surface area contributed by atoms with Gasteiger partial charge in [-0.3, -0.25) is 0 Å². The lowest BCUT2D eigenvalue weighted by Crippen LogP contribution is -1.97. The van der Waals surface area contributed by atoms with Crippen LogP contribution in [0.1, 0.15) is 11.3 Å². The van der Waals surface area contributed by atoms with Crippen LogP contribution in [0.25, 0.3) is 0 Å². The van der Waals surface area contributed by atoms with Gasteiger partial charge in [-0.2, -0.15) is 10.5 Å². The summed E-state index contributed by atoms with van der Waals surface area (Å²) in [6.07, 6.45) is 0. The number of hydrogen-bond donors (Lipinski definition) is 1. The summed E-state index contributed by atoms with van der Waals surface area (Å²) in [5, 5.41) is 20.5. The molecular weight excluding hydrogens is 231 g/mol. The normalized spacial score (nSPS) is 9.28. The zero-order chi connectivity index (χ0) is 13.0. The highest BCUT2D eigenvalue weighted by molar-refractivity contribution is 5.64. The molecule has 0 aliphatic carbocycles. The maximum absolute atomic E-state index is 13.0. The van der Waals surface area contributed by atoms with Crippen molar-refractivity contribution in [2.24, 2.45) is 0 Å². The van der Waals surface area contributed by atoms with Crippen LogP contribution in [0.3, 0.4) is 0 Å². The minimum absolute atomic E-state index is 0.180. The molecule has 0 radical (unpaired) electrons. The van der Waals surface area contributed by atoms with Crippen molar-refractivity contribution in [1.82, 2.24) is 4.98 Å². The van der Waals surface area contributed by atoms with Crippen LogP contribution in [-0.2, 0) is 0 Å². The number of anilines is 2. The fraction of sp³-hybridized carbons (Fsp3) is 0. The van der Waals surface area contributed by atoms with E-state index in [1.165, 1.54) is 12.1 Å². The Labute approximate surface area is 103 Å². The molecule has 0 aliphatic rings. The Bertz CT molecular complexity index is 667. The van der Waals surface area contributed by atoms with Crippen molar-refractivity contribution in [2.75, 3.05) is 5.32 Å². The Morgan fingerprint density at radius 2 is 1.94 bits per heavy atom. The predicted octanol–water partition coefficient (Wildman–Crippen LogP) is 2.71. The molecule has 0 spiro atoms. The summed E-state index contributed by atoms with van der Waals surface area (Å²) in [5.74, 6) is -0.0482. The molecule has 86 valence electrons. The topological polar surface area (TPSA) is 72.5 Å². The Morgan fingerprint density at radius 3 is 2.67 bits per heavy atom. The second kappa shape index (κ2) is 4.94. The van der Waals surface area contributed by atoms with Gasteiger partial charge in [0.05, 0.1) is 11.3 Å². The minimum atomic E-state index is -0.476. The maximum atomic E-state index is 13.0. The molecular formula is C13H7FN4. The SMILES string of the molecule is N#Cc1cccc(Nc2ccc(F)cc2C#N)n1. The van der Waals surface area contributed by atoms with E-state index in [1.807, 2.05) is 12.1 Å². The van der Waals surface area contributed by atoms with Gasteiger partial charge in [-0.25, -0.2) is 9.37 Å². The summed E-state index contributed by atoms with van der Waals surface area (Å²) in [6.45, 7) is 0. The third kappa shape index (κ3) is 2.42. The number of pyridine rings is 1. The van der Waals surface area contributed by atoms with Crippen LogP contribution < -0.4 is 5.32 Å². The zero-order valence-electron chi connectivity index (χ0n) is 9.18. The molecule has 2 aromatic rings. The fourth-order valence-corrected chi connectivity index (χ4v) is 1.42. The quantitative estimate of drug-likeness (QED) is 0.872. The van der Waals surface area contributed by atoms with E-state index < -0.39 is 5.82 Å². The van der Waals surface area contributed by atoms with E-state index in [4.69, 9.17) is 10.5 Å². The number of halogens is 1. The van der Waals surface area contributed by atoms with Gasteiger partial charge in [0.15, 0.2) is 0 Å². The molecule has 0 atom stereocenters. The number of benzene rings is 1. The number of rotatable bonds is 2. The fourth-order valence-electron chi connectivity index (χ4n) is 1.42. The second-order valence-corrected chi connectivity index (χ2v) is 3.45. The number of nitrogens with zero attached hydrogens (tertiary/aromatic N) is 3. The van der Waals surface area contributed by atoms with Crippen molar-refractivity contribution in [3.05, 3.63) is 53.5 Å². The lowest BCUT2D eigenvalue weighted by atomic mass is 10.2. The standard InChI is InChI=1S/C13H7FN4/c14-10-4-5-12(9(6-10)7-15)18-13-3-1-2-11(8-16)17-13/h1-6H,(H,17,18). The van der Waals surface area contributed by atoms with Gasteiger partial charge in [0.2, 0.25) is 0 Å². The molecule has 0 unspecified atom stereocenters. The molecule has 2 rings (SSSR count). The summed E-state index contributed by atoms with van der Waals surface area (Å²) >= 11 is 0. The Balaban J connectivity index is 2.35. The van der Waals surface area contributed by atoms with Gasteiger partial charge in [-0.1, -0.05) is 6.07 Å².